The summed E-state index contributed by atoms with van der Waals surface area (Å²) in [6.45, 7) is 0. The first-order valence-corrected chi connectivity index (χ1v) is 4.18. The van der Waals surface area contributed by atoms with Crippen molar-refractivity contribution < 1.29 is 49.9 Å². The highest BCUT2D eigenvalue weighted by Gasteiger charge is 2.39. The van der Waals surface area contributed by atoms with Crippen molar-refractivity contribution in [2.75, 3.05) is 0 Å². The number of nitrogens with zero attached hydrogens (tertiary/aromatic N) is 1. The maximum Gasteiger partial charge on any atom is 0.396 e. The lowest BCUT2D eigenvalue weighted by Crippen LogP contribution is -2.54. The smallest absolute Gasteiger partial charge is 0.396 e. The second-order valence-electron chi connectivity index (χ2n) is 2.97. The number of hydrogen-bond acceptors (Lipinski definition) is 8. The van der Waals surface area contributed by atoms with Gasteiger partial charge < -0.3 is 25.5 Å². The summed E-state index contributed by atoms with van der Waals surface area (Å²) in [5.74, 6) is -8.31. The van der Waals surface area contributed by atoms with Crippen molar-refractivity contribution in [2.45, 2.75) is 18.4 Å². The molecular weight excluding hydrogens is 258 g/mol. The van der Waals surface area contributed by atoms with Crippen molar-refractivity contribution in [3.05, 3.63) is 0 Å². The minimum atomic E-state index is -2.70. The molecule has 0 heterocycles. The van der Waals surface area contributed by atoms with Gasteiger partial charge in [-0.05, 0) is 0 Å². The number of hydroxylamine groups is 2. The number of carboxylic acids is 2. The van der Waals surface area contributed by atoms with Gasteiger partial charge in [-0.2, -0.15) is 5.06 Å². The molecule has 0 aliphatic carbocycles. The normalized spacial score (nSPS) is 15.3. The quantitative estimate of drug-likeness (QED) is 0.124. The number of aliphatic carboxylic acids is 2. The molecule has 6 N–H and O–H groups in total. The molecule has 3 atom stereocenters. The predicted octanol–water partition coefficient (Wildman–Crippen LogP) is -4.02. The van der Waals surface area contributed by atoms with Crippen molar-refractivity contribution in [1.29, 1.82) is 0 Å². The van der Waals surface area contributed by atoms with Crippen LogP contribution in [0.25, 0.3) is 0 Å². The van der Waals surface area contributed by atoms with Gasteiger partial charge in [-0.25, -0.2) is 9.59 Å². The van der Waals surface area contributed by atoms with Gasteiger partial charge in [0, 0.05) is 0 Å². The average molecular weight is 267 g/mol. The van der Waals surface area contributed by atoms with E-state index >= 15 is 0 Å². The summed E-state index contributed by atoms with van der Waals surface area (Å²) >= 11 is 0. The molecular formula is C7H9NO10. The molecule has 11 heteroatoms. The zero-order valence-electron chi connectivity index (χ0n) is 8.50. The van der Waals surface area contributed by atoms with Crippen LogP contribution in [0.15, 0.2) is 0 Å². The SMILES string of the molecule is O=C(O)C(=O)[C@@H](O)[C@H](O)[C@@H](O)N(O)C(=O)C(=O)O. The van der Waals surface area contributed by atoms with Crippen molar-refractivity contribution in [3.63, 3.8) is 0 Å². The first kappa shape index (κ1) is 15.9. The third kappa shape index (κ3) is 3.46. The van der Waals surface area contributed by atoms with E-state index in [1.807, 2.05) is 0 Å². The fraction of sp³-hybridized carbons (Fsp3) is 0.429. The first-order valence-electron chi connectivity index (χ1n) is 4.18. The monoisotopic (exact) mass is 267 g/mol. The molecule has 0 aliphatic rings. The van der Waals surface area contributed by atoms with E-state index in [1.54, 1.807) is 0 Å². The minimum absolute atomic E-state index is 0.870. The third-order valence-corrected chi connectivity index (χ3v) is 1.75. The van der Waals surface area contributed by atoms with Gasteiger partial charge in [0.2, 0.25) is 0 Å². The lowest BCUT2D eigenvalue weighted by atomic mass is 10.1. The number of rotatable bonds is 5. The molecule has 0 spiro atoms. The number of aliphatic hydroxyl groups is 3. The molecule has 0 rings (SSSR count). The largest absolute Gasteiger partial charge is 0.475 e. The lowest BCUT2D eigenvalue weighted by molar-refractivity contribution is -0.236. The van der Waals surface area contributed by atoms with E-state index < -0.39 is 47.1 Å². The Balaban J connectivity index is 4.84. The van der Waals surface area contributed by atoms with Gasteiger partial charge >= 0.3 is 17.8 Å². The Morgan fingerprint density at radius 1 is 0.889 bits per heavy atom. The maximum absolute atomic E-state index is 10.7. The van der Waals surface area contributed by atoms with Crippen LogP contribution in [0.3, 0.4) is 0 Å². The predicted molar refractivity (Wildman–Crippen MR) is 46.9 cm³/mol. The molecule has 102 valence electrons. The Morgan fingerprint density at radius 2 is 1.33 bits per heavy atom. The molecule has 0 saturated carbocycles. The summed E-state index contributed by atoms with van der Waals surface area (Å²) < 4.78 is 0. The topological polar surface area (TPSA) is 193 Å². The standard InChI is InChI=1S/C7H9NO10/c9-1(3(11)6(14)15)2(10)4(12)8(18)5(13)7(16)17/h1-2,4,9-10,12,18H,(H,14,15)(H,16,17)/t1-,2-,4+/m0/s1. The summed E-state index contributed by atoms with van der Waals surface area (Å²) in [7, 11) is 0. The number of carbonyl (C=O) groups is 4. The number of aliphatic hydroxyl groups excluding tert-OH is 3. The second-order valence-corrected chi connectivity index (χ2v) is 2.97. The van der Waals surface area contributed by atoms with Crippen LogP contribution < -0.4 is 0 Å². The van der Waals surface area contributed by atoms with E-state index in [1.165, 1.54) is 0 Å². The van der Waals surface area contributed by atoms with E-state index in [2.05, 4.69) is 0 Å². The van der Waals surface area contributed by atoms with Crippen molar-refractivity contribution >= 4 is 23.6 Å². The molecule has 0 aliphatic heterocycles. The zero-order valence-corrected chi connectivity index (χ0v) is 8.50. The van der Waals surface area contributed by atoms with E-state index in [4.69, 9.17) is 30.7 Å². The van der Waals surface area contributed by atoms with Crippen LogP contribution in [0.2, 0.25) is 0 Å². The number of carbonyl (C=O) groups excluding carboxylic acids is 2. The fourth-order valence-corrected chi connectivity index (χ4v) is 0.807. The van der Waals surface area contributed by atoms with Crippen molar-refractivity contribution in [1.82, 2.24) is 5.06 Å². The van der Waals surface area contributed by atoms with Crippen LogP contribution in [-0.2, 0) is 19.2 Å². The van der Waals surface area contributed by atoms with Gasteiger partial charge in [-0.3, -0.25) is 14.8 Å². The van der Waals surface area contributed by atoms with E-state index in [0.717, 1.165) is 0 Å². The summed E-state index contributed by atoms with van der Waals surface area (Å²) in [6.07, 6.45) is -7.97. The Kier molecular flexibility index (Phi) is 5.32. The van der Waals surface area contributed by atoms with Gasteiger partial charge in [0.05, 0.1) is 0 Å². The Bertz CT molecular complexity index is 342. The summed E-state index contributed by atoms with van der Waals surface area (Å²) in [5.41, 5.74) is 0. The number of Topliss-reactive ketones (excluding diaryl/α,β-unsaturated/α-hetero) is 1. The Morgan fingerprint density at radius 3 is 1.67 bits per heavy atom. The molecule has 0 saturated heterocycles. The summed E-state index contributed by atoms with van der Waals surface area (Å²) in [5, 5.41) is 51.4. The molecule has 0 aromatic rings. The van der Waals surface area contributed by atoms with Gasteiger partial charge in [0.15, 0.2) is 12.3 Å². The highest BCUT2D eigenvalue weighted by Crippen LogP contribution is 2.06. The summed E-state index contributed by atoms with van der Waals surface area (Å²) in [6, 6.07) is 0. The van der Waals surface area contributed by atoms with Crippen LogP contribution in [0, 0.1) is 0 Å². The maximum atomic E-state index is 10.7. The molecule has 0 aromatic carbocycles. The third-order valence-electron chi connectivity index (χ3n) is 1.75. The highest BCUT2D eigenvalue weighted by molar-refractivity contribution is 6.34. The van der Waals surface area contributed by atoms with Crippen molar-refractivity contribution in [2.24, 2.45) is 0 Å². The average Bonchev–Trinajstić information content (AvgIpc) is 2.32. The first-order chi connectivity index (χ1) is 8.11. The number of carboxylic acid groups (broad SMARTS) is 2. The molecule has 0 bridgehead atoms. The van der Waals surface area contributed by atoms with Crippen LogP contribution in [0.4, 0.5) is 0 Å². The molecule has 0 fully saturated rings. The highest BCUT2D eigenvalue weighted by atomic mass is 16.6. The molecule has 0 unspecified atom stereocenters. The minimum Gasteiger partial charge on any atom is -0.475 e. The van der Waals surface area contributed by atoms with Gasteiger partial charge in [0.25, 0.3) is 5.78 Å². The van der Waals surface area contributed by atoms with Crippen molar-refractivity contribution in [3.8, 4) is 0 Å². The second kappa shape index (κ2) is 6.02. The molecule has 18 heavy (non-hydrogen) atoms. The Labute approximate surface area is 98.1 Å². The van der Waals surface area contributed by atoms with Crippen LogP contribution >= 0.6 is 0 Å². The molecule has 0 aromatic heterocycles. The number of hydrogen-bond donors (Lipinski definition) is 6. The van der Waals surface area contributed by atoms with Gasteiger partial charge in [0.1, 0.15) is 6.10 Å². The van der Waals surface area contributed by atoms with Crippen LogP contribution in [0.5, 0.6) is 0 Å². The summed E-state index contributed by atoms with van der Waals surface area (Å²) in [4.78, 5) is 41.6. The van der Waals surface area contributed by atoms with Gasteiger partial charge in [-0.15, -0.1) is 0 Å². The fourth-order valence-electron chi connectivity index (χ4n) is 0.807. The molecule has 0 radical (unpaired) electrons. The molecule has 11 nitrogen and oxygen atoms in total. The van der Waals surface area contributed by atoms with Crippen LogP contribution in [-0.4, -0.2) is 77.9 Å². The number of ketones is 1. The zero-order chi connectivity index (χ0) is 14.6. The van der Waals surface area contributed by atoms with E-state index in [-0.39, 0.29) is 0 Å². The van der Waals surface area contributed by atoms with Gasteiger partial charge in [-0.1, -0.05) is 0 Å². The van der Waals surface area contributed by atoms with E-state index in [0.29, 0.717) is 0 Å². The Hall–Kier alpha value is -2.08. The number of amides is 1. The lowest BCUT2D eigenvalue weighted by Gasteiger charge is -2.25. The van der Waals surface area contributed by atoms with E-state index in [9.17, 15) is 19.2 Å². The molecule has 1 amide bonds. The van der Waals surface area contributed by atoms with Crippen LogP contribution in [0.1, 0.15) is 0 Å².